The summed E-state index contributed by atoms with van der Waals surface area (Å²) in [5.74, 6) is -4.89. The van der Waals surface area contributed by atoms with Crippen molar-refractivity contribution in [2.75, 3.05) is 5.32 Å². The molecule has 1 aromatic heterocycles. The topological polar surface area (TPSA) is 116 Å². The van der Waals surface area contributed by atoms with Crippen LogP contribution in [0.2, 0.25) is 5.02 Å². The Hall–Kier alpha value is -3.01. The van der Waals surface area contributed by atoms with Crippen LogP contribution in [0.5, 0.6) is 0 Å². The van der Waals surface area contributed by atoms with Crippen molar-refractivity contribution in [3.8, 4) is 0 Å². The van der Waals surface area contributed by atoms with E-state index >= 15 is 0 Å². The molecule has 1 aliphatic rings. The van der Waals surface area contributed by atoms with Gasteiger partial charge in [0.1, 0.15) is 18.5 Å². The average molecular weight is 441 g/mol. The molecule has 0 bridgehead atoms. The molecule has 30 heavy (non-hydrogen) atoms. The van der Waals surface area contributed by atoms with Crippen molar-refractivity contribution < 1.29 is 27.9 Å². The van der Waals surface area contributed by atoms with Crippen LogP contribution in [0, 0.1) is 11.6 Å². The van der Waals surface area contributed by atoms with Crippen LogP contribution in [0.25, 0.3) is 0 Å². The Bertz CT molecular complexity index is 989. The zero-order valence-corrected chi connectivity index (χ0v) is 16.5. The van der Waals surface area contributed by atoms with Crippen LogP contribution < -0.4 is 11.1 Å². The van der Waals surface area contributed by atoms with E-state index in [2.05, 4.69) is 10.4 Å². The second-order valence-corrected chi connectivity index (χ2v) is 7.31. The third-order valence-electron chi connectivity index (χ3n) is 4.62. The molecule has 1 aliphatic carbocycles. The molecule has 8 nitrogen and oxygen atoms in total. The molecular formula is C19H19ClF2N4O4. The first-order valence-electron chi connectivity index (χ1n) is 9.27. The molecular weight excluding hydrogens is 422 g/mol. The SMILES string of the molecule is NC(=O)Cn1nc(C(=O)OC2CCCCC2)cc1NC(=O)c1cc(F)c(F)cc1Cl. The highest BCUT2D eigenvalue weighted by atomic mass is 35.5. The maximum atomic E-state index is 13.5. The van der Waals surface area contributed by atoms with Crippen molar-refractivity contribution in [1.29, 1.82) is 0 Å². The fourth-order valence-electron chi connectivity index (χ4n) is 3.16. The number of hydrogen-bond acceptors (Lipinski definition) is 5. The van der Waals surface area contributed by atoms with Crippen molar-refractivity contribution in [3.63, 3.8) is 0 Å². The van der Waals surface area contributed by atoms with Gasteiger partial charge in [-0.3, -0.25) is 9.59 Å². The fourth-order valence-corrected chi connectivity index (χ4v) is 3.40. The molecule has 11 heteroatoms. The maximum absolute atomic E-state index is 13.5. The van der Waals surface area contributed by atoms with Crippen LogP contribution >= 0.6 is 11.6 Å². The number of primary amides is 1. The van der Waals surface area contributed by atoms with Gasteiger partial charge in [-0.1, -0.05) is 18.0 Å². The largest absolute Gasteiger partial charge is 0.458 e. The second kappa shape index (κ2) is 9.21. The van der Waals surface area contributed by atoms with Crippen molar-refractivity contribution in [2.45, 2.75) is 44.8 Å². The number of carbonyl (C=O) groups excluding carboxylic acids is 3. The van der Waals surface area contributed by atoms with Crippen LogP contribution in [-0.2, 0) is 16.1 Å². The van der Waals surface area contributed by atoms with Gasteiger partial charge >= 0.3 is 5.97 Å². The van der Waals surface area contributed by atoms with Gasteiger partial charge in [0.2, 0.25) is 5.91 Å². The smallest absolute Gasteiger partial charge is 0.359 e. The number of ether oxygens (including phenoxy) is 1. The first-order valence-corrected chi connectivity index (χ1v) is 9.65. The minimum absolute atomic E-state index is 0.0600. The maximum Gasteiger partial charge on any atom is 0.359 e. The number of hydrogen-bond donors (Lipinski definition) is 2. The molecule has 0 unspecified atom stereocenters. The number of aromatic nitrogens is 2. The minimum Gasteiger partial charge on any atom is -0.458 e. The third kappa shape index (κ3) is 5.12. The zero-order valence-electron chi connectivity index (χ0n) is 15.8. The lowest BCUT2D eigenvalue weighted by molar-refractivity contribution is -0.118. The molecule has 1 fully saturated rings. The molecule has 0 aliphatic heterocycles. The summed E-state index contributed by atoms with van der Waals surface area (Å²) in [6.07, 6.45) is 4.31. The Morgan fingerprint density at radius 3 is 2.50 bits per heavy atom. The molecule has 1 saturated carbocycles. The number of nitrogens with one attached hydrogen (secondary N) is 1. The number of anilines is 1. The van der Waals surface area contributed by atoms with E-state index in [1.54, 1.807) is 0 Å². The second-order valence-electron chi connectivity index (χ2n) is 6.90. The number of carbonyl (C=O) groups is 3. The van der Waals surface area contributed by atoms with Crippen LogP contribution in [0.15, 0.2) is 18.2 Å². The van der Waals surface area contributed by atoms with E-state index in [0.29, 0.717) is 12.1 Å². The summed E-state index contributed by atoms with van der Waals surface area (Å²) in [5, 5.41) is 6.03. The summed E-state index contributed by atoms with van der Waals surface area (Å²) >= 11 is 5.81. The lowest BCUT2D eigenvalue weighted by atomic mass is 9.98. The summed E-state index contributed by atoms with van der Waals surface area (Å²) in [7, 11) is 0. The Labute approximate surface area is 175 Å². The van der Waals surface area contributed by atoms with E-state index in [9.17, 15) is 23.2 Å². The Balaban J connectivity index is 1.82. The first kappa shape index (κ1) is 21.7. The van der Waals surface area contributed by atoms with E-state index in [1.807, 2.05) is 0 Å². The predicted molar refractivity (Wildman–Crippen MR) is 103 cm³/mol. The van der Waals surface area contributed by atoms with Gasteiger partial charge in [-0.05, 0) is 37.8 Å². The van der Waals surface area contributed by atoms with E-state index in [-0.39, 0.29) is 28.2 Å². The number of rotatable bonds is 6. The Morgan fingerprint density at radius 2 is 1.83 bits per heavy atom. The molecule has 2 amide bonds. The number of halogens is 3. The molecule has 160 valence electrons. The van der Waals surface area contributed by atoms with Crippen LogP contribution in [0.1, 0.15) is 53.0 Å². The lowest BCUT2D eigenvalue weighted by Gasteiger charge is -2.21. The Morgan fingerprint density at radius 1 is 1.17 bits per heavy atom. The molecule has 2 aromatic rings. The highest BCUT2D eigenvalue weighted by Gasteiger charge is 2.24. The predicted octanol–water partition coefficient (Wildman–Crippen LogP) is 3.04. The normalized spacial score (nSPS) is 14.4. The highest BCUT2D eigenvalue weighted by Crippen LogP contribution is 2.24. The van der Waals surface area contributed by atoms with Crippen molar-refractivity contribution in [3.05, 3.63) is 46.1 Å². The van der Waals surface area contributed by atoms with Gasteiger partial charge in [-0.2, -0.15) is 5.10 Å². The molecule has 0 saturated heterocycles. The van der Waals surface area contributed by atoms with E-state index < -0.39 is 36.0 Å². The Kier molecular flexibility index (Phi) is 6.66. The van der Waals surface area contributed by atoms with Crippen molar-refractivity contribution in [1.82, 2.24) is 9.78 Å². The zero-order chi connectivity index (χ0) is 21.8. The molecule has 1 aromatic carbocycles. The van der Waals surface area contributed by atoms with Gasteiger partial charge in [0.15, 0.2) is 17.3 Å². The summed E-state index contributed by atoms with van der Waals surface area (Å²) in [4.78, 5) is 36.2. The van der Waals surface area contributed by atoms with Crippen LogP contribution in [0.3, 0.4) is 0 Å². The molecule has 1 heterocycles. The van der Waals surface area contributed by atoms with Gasteiger partial charge in [0, 0.05) is 6.07 Å². The molecule has 0 spiro atoms. The van der Waals surface area contributed by atoms with Gasteiger partial charge in [-0.25, -0.2) is 18.3 Å². The van der Waals surface area contributed by atoms with Gasteiger partial charge in [0.25, 0.3) is 5.91 Å². The summed E-state index contributed by atoms with van der Waals surface area (Å²) in [6, 6.07) is 2.51. The summed E-state index contributed by atoms with van der Waals surface area (Å²) < 4.78 is 33.2. The van der Waals surface area contributed by atoms with Crippen molar-refractivity contribution in [2.24, 2.45) is 5.73 Å². The van der Waals surface area contributed by atoms with Gasteiger partial charge < -0.3 is 15.8 Å². The third-order valence-corrected chi connectivity index (χ3v) is 4.93. The molecule has 0 radical (unpaired) electrons. The number of benzene rings is 1. The molecule has 3 rings (SSSR count). The van der Waals surface area contributed by atoms with Crippen LogP contribution in [-0.4, -0.2) is 33.7 Å². The average Bonchev–Trinajstić information content (AvgIpc) is 3.07. The molecule has 3 N–H and O–H groups in total. The minimum atomic E-state index is -1.26. The summed E-state index contributed by atoms with van der Waals surface area (Å²) in [5.41, 5.74) is 4.72. The van der Waals surface area contributed by atoms with E-state index in [0.717, 1.165) is 36.8 Å². The highest BCUT2D eigenvalue weighted by molar-refractivity contribution is 6.34. The number of nitrogens with zero attached hydrogens (tertiary/aromatic N) is 2. The van der Waals surface area contributed by atoms with E-state index in [4.69, 9.17) is 22.1 Å². The van der Waals surface area contributed by atoms with Gasteiger partial charge in [-0.15, -0.1) is 0 Å². The number of esters is 1. The fraction of sp³-hybridized carbons (Fsp3) is 0.368. The quantitative estimate of drug-likeness (QED) is 0.529. The number of amides is 2. The summed E-state index contributed by atoms with van der Waals surface area (Å²) in [6.45, 7) is -0.433. The standard InChI is InChI=1S/C19H19ClF2N4O4/c20-12-7-14(22)13(21)6-11(12)18(28)24-17-8-15(25-26(17)9-16(23)27)19(29)30-10-4-2-1-3-5-10/h6-8,10H,1-5,9H2,(H2,23,27)(H,24,28). The van der Waals surface area contributed by atoms with Gasteiger partial charge in [0.05, 0.1) is 10.6 Å². The van der Waals surface area contributed by atoms with Crippen molar-refractivity contribution >= 4 is 35.2 Å². The lowest BCUT2D eigenvalue weighted by Crippen LogP contribution is -2.23. The van der Waals surface area contributed by atoms with Crippen LogP contribution in [0.4, 0.5) is 14.6 Å². The monoisotopic (exact) mass is 440 g/mol. The number of nitrogens with two attached hydrogens (primary N) is 1. The molecule has 0 atom stereocenters. The van der Waals surface area contributed by atoms with E-state index in [1.165, 1.54) is 6.07 Å². The first-order chi connectivity index (χ1) is 14.2.